The molecule has 0 heterocycles. The van der Waals surface area contributed by atoms with Gasteiger partial charge in [-0.2, -0.15) is 0 Å². The van der Waals surface area contributed by atoms with Crippen LogP contribution < -0.4 is 0 Å². The van der Waals surface area contributed by atoms with Crippen LogP contribution in [0, 0.1) is 23.7 Å². The molecule has 0 radical (unpaired) electrons. The van der Waals surface area contributed by atoms with Gasteiger partial charge in [0, 0.05) is 18.2 Å². The molecule has 0 aromatic carbocycles. The van der Waals surface area contributed by atoms with Crippen LogP contribution in [-0.4, -0.2) is 23.4 Å². The minimum Gasteiger partial charge on any atom is -0.336 e. The minimum atomic E-state index is 0.0868. The van der Waals surface area contributed by atoms with Gasteiger partial charge < -0.3 is 4.90 Å². The van der Waals surface area contributed by atoms with Crippen LogP contribution in [0.4, 0.5) is 0 Å². The number of hydrogen-bond donors (Lipinski definition) is 0. The van der Waals surface area contributed by atoms with Crippen molar-refractivity contribution in [2.75, 3.05) is 7.05 Å². The maximum Gasteiger partial charge on any atom is 0.249 e. The van der Waals surface area contributed by atoms with Gasteiger partial charge in [0.05, 0.1) is 0 Å². The topological polar surface area (TPSA) is 20.3 Å². The standard InChI is InChI=1S/C16H25NO/c1-10(2)15(18)17(4)16(3)13-6-11-5-12(8-13)9-14(16)7-11/h11-14H,1,5-9H2,2-4H3. The van der Waals surface area contributed by atoms with E-state index in [1.807, 2.05) is 18.9 Å². The average molecular weight is 247 g/mol. The highest BCUT2D eigenvalue weighted by molar-refractivity contribution is 5.92. The zero-order valence-electron chi connectivity index (χ0n) is 11.9. The molecule has 0 aromatic rings. The number of rotatable bonds is 2. The van der Waals surface area contributed by atoms with Crippen LogP contribution in [0.2, 0.25) is 0 Å². The van der Waals surface area contributed by atoms with Gasteiger partial charge in [-0.1, -0.05) is 6.58 Å². The Kier molecular flexibility index (Phi) is 2.62. The summed E-state index contributed by atoms with van der Waals surface area (Å²) in [6.07, 6.45) is 6.84. The molecule has 0 N–H and O–H groups in total. The predicted molar refractivity (Wildman–Crippen MR) is 73.0 cm³/mol. The first kappa shape index (κ1) is 12.3. The third-order valence-electron chi connectivity index (χ3n) is 6.18. The summed E-state index contributed by atoms with van der Waals surface area (Å²) in [4.78, 5) is 14.3. The van der Waals surface area contributed by atoms with Crippen LogP contribution >= 0.6 is 0 Å². The molecule has 100 valence electrons. The summed E-state index contributed by atoms with van der Waals surface area (Å²) in [5.41, 5.74) is 0.760. The van der Waals surface area contributed by atoms with E-state index in [1.54, 1.807) is 0 Å². The second-order valence-corrected chi connectivity index (χ2v) is 7.17. The van der Waals surface area contributed by atoms with Gasteiger partial charge in [-0.05, 0) is 69.6 Å². The van der Waals surface area contributed by atoms with Crippen LogP contribution in [0.3, 0.4) is 0 Å². The molecule has 2 nitrogen and oxygen atoms in total. The summed E-state index contributed by atoms with van der Waals surface area (Å²) in [6, 6.07) is 0. The van der Waals surface area contributed by atoms with Crippen LogP contribution in [-0.2, 0) is 4.79 Å². The third kappa shape index (κ3) is 1.50. The van der Waals surface area contributed by atoms with Crippen molar-refractivity contribution < 1.29 is 4.79 Å². The summed E-state index contributed by atoms with van der Waals surface area (Å²) >= 11 is 0. The fraction of sp³-hybridized carbons (Fsp3) is 0.812. The fourth-order valence-electron chi connectivity index (χ4n) is 5.19. The molecule has 18 heavy (non-hydrogen) atoms. The lowest BCUT2D eigenvalue weighted by atomic mass is 9.48. The van der Waals surface area contributed by atoms with Crippen molar-refractivity contribution in [3.8, 4) is 0 Å². The van der Waals surface area contributed by atoms with Crippen LogP contribution in [0.25, 0.3) is 0 Å². The normalized spacial score (nSPS) is 45.1. The Hall–Kier alpha value is -0.790. The molecule has 0 aliphatic heterocycles. The Morgan fingerprint density at radius 3 is 1.94 bits per heavy atom. The Labute approximate surface area is 110 Å². The minimum absolute atomic E-state index is 0.0868. The quantitative estimate of drug-likeness (QED) is 0.686. The SMILES string of the molecule is C=C(C)C(=O)N(C)C1(C)C2CC3CC(C2)CC1C3. The maximum absolute atomic E-state index is 12.3. The van der Waals surface area contributed by atoms with Crippen molar-refractivity contribution in [1.29, 1.82) is 0 Å². The van der Waals surface area contributed by atoms with Crippen molar-refractivity contribution >= 4 is 5.91 Å². The molecular weight excluding hydrogens is 222 g/mol. The van der Waals surface area contributed by atoms with Gasteiger partial charge in [-0.3, -0.25) is 4.79 Å². The first-order valence-corrected chi connectivity index (χ1v) is 7.36. The summed E-state index contributed by atoms with van der Waals surface area (Å²) < 4.78 is 0. The zero-order chi connectivity index (χ0) is 13.1. The van der Waals surface area contributed by atoms with E-state index < -0.39 is 0 Å². The van der Waals surface area contributed by atoms with E-state index in [0.717, 1.165) is 23.7 Å². The lowest BCUT2D eigenvalue weighted by molar-refractivity contribution is -0.153. The highest BCUT2D eigenvalue weighted by Crippen LogP contribution is 2.59. The summed E-state index contributed by atoms with van der Waals surface area (Å²) in [7, 11) is 2.00. The molecule has 4 aliphatic carbocycles. The first-order chi connectivity index (χ1) is 8.42. The molecule has 0 spiro atoms. The molecule has 2 heteroatoms. The maximum atomic E-state index is 12.3. The molecular formula is C16H25NO. The predicted octanol–water partition coefficient (Wildman–Crippen LogP) is 3.24. The van der Waals surface area contributed by atoms with Crippen LogP contribution in [0.1, 0.15) is 46.0 Å². The smallest absolute Gasteiger partial charge is 0.249 e. The molecule has 0 unspecified atom stereocenters. The molecule has 4 aliphatic rings. The molecule has 4 bridgehead atoms. The third-order valence-corrected chi connectivity index (χ3v) is 6.18. The number of carbonyl (C=O) groups is 1. The second-order valence-electron chi connectivity index (χ2n) is 7.17. The van der Waals surface area contributed by atoms with Gasteiger partial charge in [0.25, 0.3) is 0 Å². The molecule has 4 saturated carbocycles. The van der Waals surface area contributed by atoms with E-state index in [2.05, 4.69) is 13.5 Å². The number of likely N-dealkylation sites (N-methyl/N-ethyl adjacent to an activating group) is 1. The molecule has 4 rings (SSSR count). The van der Waals surface area contributed by atoms with E-state index in [-0.39, 0.29) is 11.4 Å². The van der Waals surface area contributed by atoms with Crippen LogP contribution in [0.15, 0.2) is 12.2 Å². The monoisotopic (exact) mass is 247 g/mol. The fourth-order valence-corrected chi connectivity index (χ4v) is 5.19. The number of nitrogens with zero attached hydrogens (tertiary/aromatic N) is 1. The molecule has 0 saturated heterocycles. The largest absolute Gasteiger partial charge is 0.336 e. The van der Waals surface area contributed by atoms with Gasteiger partial charge >= 0.3 is 0 Å². The van der Waals surface area contributed by atoms with Crippen molar-refractivity contribution in [3.63, 3.8) is 0 Å². The first-order valence-electron chi connectivity index (χ1n) is 7.36. The highest BCUT2D eigenvalue weighted by Gasteiger charge is 2.57. The summed E-state index contributed by atoms with van der Waals surface area (Å²) in [5, 5.41) is 0. The summed E-state index contributed by atoms with van der Waals surface area (Å²) in [6.45, 7) is 7.99. The second kappa shape index (κ2) is 3.85. The van der Waals surface area contributed by atoms with Gasteiger partial charge in [-0.15, -0.1) is 0 Å². The Morgan fingerprint density at radius 1 is 1.11 bits per heavy atom. The van der Waals surface area contributed by atoms with E-state index in [9.17, 15) is 4.79 Å². The number of hydrogen-bond acceptors (Lipinski definition) is 1. The van der Waals surface area contributed by atoms with Crippen molar-refractivity contribution in [2.45, 2.75) is 51.5 Å². The van der Waals surface area contributed by atoms with E-state index in [4.69, 9.17) is 0 Å². The summed E-state index contributed by atoms with van der Waals surface area (Å²) in [5.74, 6) is 3.50. The lowest BCUT2D eigenvalue weighted by Gasteiger charge is -2.62. The van der Waals surface area contributed by atoms with E-state index in [0.29, 0.717) is 5.57 Å². The number of amides is 1. The van der Waals surface area contributed by atoms with Crippen molar-refractivity contribution in [3.05, 3.63) is 12.2 Å². The highest BCUT2D eigenvalue weighted by atomic mass is 16.2. The molecule has 4 fully saturated rings. The Balaban J connectivity index is 1.90. The number of carbonyl (C=O) groups excluding carboxylic acids is 1. The Bertz CT molecular complexity index is 370. The van der Waals surface area contributed by atoms with Gasteiger partial charge in [0.2, 0.25) is 5.91 Å². The van der Waals surface area contributed by atoms with Crippen molar-refractivity contribution in [1.82, 2.24) is 4.90 Å². The van der Waals surface area contributed by atoms with Gasteiger partial charge in [0.1, 0.15) is 0 Å². The van der Waals surface area contributed by atoms with Crippen LogP contribution in [0.5, 0.6) is 0 Å². The lowest BCUT2D eigenvalue weighted by Crippen LogP contribution is -2.64. The zero-order valence-corrected chi connectivity index (χ0v) is 11.9. The van der Waals surface area contributed by atoms with E-state index >= 15 is 0 Å². The van der Waals surface area contributed by atoms with Gasteiger partial charge in [-0.25, -0.2) is 0 Å². The molecule has 0 atom stereocenters. The molecule has 0 aromatic heterocycles. The Morgan fingerprint density at radius 2 is 1.56 bits per heavy atom. The van der Waals surface area contributed by atoms with Gasteiger partial charge in [0.15, 0.2) is 0 Å². The van der Waals surface area contributed by atoms with E-state index in [1.165, 1.54) is 32.1 Å². The van der Waals surface area contributed by atoms with Crippen molar-refractivity contribution in [2.24, 2.45) is 23.7 Å². The average Bonchev–Trinajstić information content (AvgIpc) is 2.32. The molecule has 1 amide bonds.